The van der Waals surface area contributed by atoms with E-state index in [1.165, 1.54) is 18.4 Å². The Balaban J connectivity index is 2.73. The number of hydrogen-bond acceptors (Lipinski definition) is 8. The highest BCUT2D eigenvalue weighted by molar-refractivity contribution is 7.89. The van der Waals surface area contributed by atoms with Crippen LogP contribution >= 0.6 is 0 Å². The second-order valence-electron chi connectivity index (χ2n) is 4.25. The lowest BCUT2D eigenvalue weighted by molar-refractivity contribution is 0.312. The van der Waals surface area contributed by atoms with Crippen LogP contribution in [0, 0.1) is 0 Å². The van der Waals surface area contributed by atoms with E-state index < -0.39 is 10.0 Å². The minimum Gasteiger partial charge on any atom is -0.464 e. The van der Waals surface area contributed by atoms with Gasteiger partial charge in [0.15, 0.2) is 0 Å². The van der Waals surface area contributed by atoms with Gasteiger partial charge in [0.2, 0.25) is 21.9 Å². The summed E-state index contributed by atoms with van der Waals surface area (Å²) < 4.78 is 29.7. The lowest BCUT2D eigenvalue weighted by Crippen LogP contribution is -2.28. The molecule has 0 amide bonds. The minimum atomic E-state index is -3.26. The zero-order valence-electron chi connectivity index (χ0n) is 12.8. The molecule has 0 atom stereocenters. The van der Waals surface area contributed by atoms with Gasteiger partial charge in [-0.05, 0) is 13.8 Å². The van der Waals surface area contributed by atoms with Gasteiger partial charge >= 0.3 is 6.01 Å². The van der Waals surface area contributed by atoms with Crippen molar-refractivity contribution in [1.29, 1.82) is 0 Å². The molecule has 1 aromatic rings. The standard InChI is InChI=1S/C11H22N6O3S/c1-5-12-9-14-10(16-11(15-9)20-6-2)13-7-8-21(18,19)17(3)4/h5-8H2,1-4H3,(H2,12,13,14,15,16). The molecule has 0 radical (unpaired) electrons. The number of hydrogen-bond donors (Lipinski definition) is 2. The predicted molar refractivity (Wildman–Crippen MR) is 81.1 cm³/mol. The molecule has 0 aliphatic carbocycles. The fourth-order valence-corrected chi connectivity index (χ4v) is 2.07. The van der Waals surface area contributed by atoms with Gasteiger partial charge in [-0.3, -0.25) is 0 Å². The molecule has 0 unspecified atom stereocenters. The highest BCUT2D eigenvalue weighted by atomic mass is 32.2. The number of ether oxygens (including phenoxy) is 1. The van der Waals surface area contributed by atoms with Gasteiger partial charge in [-0.2, -0.15) is 15.0 Å². The van der Waals surface area contributed by atoms with Gasteiger partial charge in [0.25, 0.3) is 0 Å². The lowest BCUT2D eigenvalue weighted by Gasteiger charge is -2.12. The molecule has 0 bridgehead atoms. The molecule has 0 aliphatic rings. The Hall–Kier alpha value is -1.68. The second-order valence-corrected chi connectivity index (χ2v) is 6.56. The summed E-state index contributed by atoms with van der Waals surface area (Å²) >= 11 is 0. The first kappa shape index (κ1) is 17.4. The summed E-state index contributed by atoms with van der Waals surface area (Å²) in [6, 6.07) is 0.196. The smallest absolute Gasteiger partial charge is 0.323 e. The van der Waals surface area contributed by atoms with Gasteiger partial charge in [-0.25, -0.2) is 12.7 Å². The molecular weight excluding hydrogens is 296 g/mol. The molecule has 1 aromatic heterocycles. The van der Waals surface area contributed by atoms with Crippen molar-refractivity contribution >= 4 is 21.9 Å². The van der Waals surface area contributed by atoms with Crippen LogP contribution in [-0.4, -0.2) is 67.2 Å². The molecule has 2 N–H and O–H groups in total. The SMILES string of the molecule is CCNc1nc(NCCS(=O)(=O)N(C)C)nc(OCC)n1. The Labute approximate surface area is 125 Å². The Bertz CT molecular complexity index is 525. The Morgan fingerprint density at radius 3 is 2.24 bits per heavy atom. The van der Waals surface area contributed by atoms with E-state index in [1.54, 1.807) is 0 Å². The average molecular weight is 318 g/mol. The molecule has 0 fully saturated rings. The summed E-state index contributed by atoms with van der Waals surface area (Å²) in [5, 5.41) is 5.83. The van der Waals surface area contributed by atoms with E-state index in [0.717, 1.165) is 0 Å². The van der Waals surface area contributed by atoms with Crippen LogP contribution in [0.15, 0.2) is 0 Å². The van der Waals surface area contributed by atoms with Crippen molar-refractivity contribution in [3.8, 4) is 6.01 Å². The third-order valence-corrected chi connectivity index (χ3v) is 4.26. The average Bonchev–Trinajstić information content (AvgIpc) is 2.39. The summed E-state index contributed by atoms with van der Waals surface area (Å²) in [7, 11) is -0.267. The van der Waals surface area contributed by atoms with Crippen LogP contribution in [0.1, 0.15) is 13.8 Å². The molecule has 1 heterocycles. The highest BCUT2D eigenvalue weighted by Crippen LogP contribution is 2.11. The van der Waals surface area contributed by atoms with Crippen molar-refractivity contribution in [3.63, 3.8) is 0 Å². The van der Waals surface area contributed by atoms with Crippen LogP contribution in [0.5, 0.6) is 6.01 Å². The summed E-state index contributed by atoms with van der Waals surface area (Å²) in [4.78, 5) is 12.3. The van der Waals surface area contributed by atoms with E-state index in [4.69, 9.17) is 4.74 Å². The van der Waals surface area contributed by atoms with E-state index in [-0.39, 0.29) is 24.3 Å². The third-order valence-electron chi connectivity index (χ3n) is 2.42. The van der Waals surface area contributed by atoms with Gasteiger partial charge in [0, 0.05) is 27.2 Å². The summed E-state index contributed by atoms with van der Waals surface area (Å²) in [5.74, 6) is 0.610. The third kappa shape index (κ3) is 5.68. The molecule has 0 saturated heterocycles. The first-order chi connectivity index (χ1) is 9.89. The number of rotatable bonds is 9. The van der Waals surface area contributed by atoms with Crippen molar-refractivity contribution in [2.45, 2.75) is 13.8 Å². The van der Waals surface area contributed by atoms with Crippen molar-refractivity contribution in [2.75, 3.05) is 50.2 Å². The van der Waals surface area contributed by atoms with Crippen LogP contribution in [-0.2, 0) is 10.0 Å². The zero-order chi connectivity index (χ0) is 15.9. The molecule has 1 rings (SSSR count). The van der Waals surface area contributed by atoms with Gasteiger partial charge in [-0.15, -0.1) is 0 Å². The maximum absolute atomic E-state index is 11.7. The first-order valence-electron chi connectivity index (χ1n) is 6.65. The highest BCUT2D eigenvalue weighted by Gasteiger charge is 2.13. The largest absolute Gasteiger partial charge is 0.464 e. The fourth-order valence-electron chi connectivity index (χ4n) is 1.34. The fraction of sp³-hybridized carbons (Fsp3) is 0.727. The summed E-state index contributed by atoms with van der Waals surface area (Å²) in [6.07, 6.45) is 0. The normalized spacial score (nSPS) is 11.5. The Morgan fingerprint density at radius 1 is 1.10 bits per heavy atom. The quantitative estimate of drug-likeness (QED) is 0.655. The lowest BCUT2D eigenvalue weighted by atomic mass is 10.7. The number of nitrogens with one attached hydrogen (secondary N) is 2. The van der Waals surface area contributed by atoms with Crippen molar-refractivity contribution < 1.29 is 13.2 Å². The van der Waals surface area contributed by atoms with E-state index in [2.05, 4.69) is 25.6 Å². The molecule has 9 nitrogen and oxygen atoms in total. The van der Waals surface area contributed by atoms with Crippen LogP contribution in [0.3, 0.4) is 0 Å². The maximum Gasteiger partial charge on any atom is 0.323 e. The Morgan fingerprint density at radius 2 is 1.71 bits per heavy atom. The van der Waals surface area contributed by atoms with Gasteiger partial charge in [-0.1, -0.05) is 0 Å². The molecule has 0 aromatic carbocycles. The van der Waals surface area contributed by atoms with Gasteiger partial charge in [0.1, 0.15) is 0 Å². The molecule has 21 heavy (non-hydrogen) atoms. The van der Waals surface area contributed by atoms with E-state index in [1.807, 2.05) is 13.8 Å². The predicted octanol–water partition coefficient (Wildman–Crippen LogP) is 0.00540. The monoisotopic (exact) mass is 318 g/mol. The molecule has 0 spiro atoms. The summed E-state index contributed by atoms with van der Waals surface area (Å²) in [5.41, 5.74) is 0. The van der Waals surface area contributed by atoms with E-state index in [0.29, 0.717) is 19.1 Å². The van der Waals surface area contributed by atoms with Crippen LogP contribution in [0.25, 0.3) is 0 Å². The molecule has 0 aliphatic heterocycles. The van der Waals surface area contributed by atoms with Crippen molar-refractivity contribution in [1.82, 2.24) is 19.3 Å². The second kappa shape index (κ2) is 7.93. The Kier molecular flexibility index (Phi) is 6.56. The van der Waals surface area contributed by atoms with E-state index >= 15 is 0 Å². The number of aromatic nitrogens is 3. The topological polar surface area (TPSA) is 109 Å². The van der Waals surface area contributed by atoms with Crippen molar-refractivity contribution in [2.24, 2.45) is 0 Å². The van der Waals surface area contributed by atoms with Crippen LogP contribution in [0.2, 0.25) is 0 Å². The molecule has 0 saturated carbocycles. The number of nitrogens with zero attached hydrogens (tertiary/aromatic N) is 4. The summed E-state index contributed by atoms with van der Waals surface area (Å²) in [6.45, 7) is 5.03. The number of sulfonamides is 1. The molecule has 120 valence electrons. The number of anilines is 2. The van der Waals surface area contributed by atoms with Gasteiger partial charge in [0.05, 0.1) is 12.4 Å². The van der Waals surface area contributed by atoms with Crippen LogP contribution < -0.4 is 15.4 Å². The minimum absolute atomic E-state index is 0.0494. The molecule has 10 heteroatoms. The molecular formula is C11H22N6O3S. The van der Waals surface area contributed by atoms with Gasteiger partial charge < -0.3 is 15.4 Å². The maximum atomic E-state index is 11.7. The zero-order valence-corrected chi connectivity index (χ0v) is 13.6. The van der Waals surface area contributed by atoms with Crippen molar-refractivity contribution in [3.05, 3.63) is 0 Å². The van der Waals surface area contributed by atoms with Crippen LogP contribution in [0.4, 0.5) is 11.9 Å². The first-order valence-corrected chi connectivity index (χ1v) is 8.26. The van der Waals surface area contributed by atoms with E-state index in [9.17, 15) is 8.42 Å².